The Bertz CT molecular complexity index is 1130. The number of benzene rings is 4. The molecule has 5 rings (SSSR count). The molecule has 4 aromatic carbocycles. The van der Waals surface area contributed by atoms with Crippen LogP contribution < -0.4 is 4.90 Å². The molecule has 0 radical (unpaired) electrons. The van der Waals surface area contributed by atoms with Gasteiger partial charge < -0.3 is 4.90 Å². The summed E-state index contributed by atoms with van der Waals surface area (Å²) in [4.78, 5) is 2.37. The van der Waals surface area contributed by atoms with Crippen LogP contribution >= 0.6 is 11.8 Å². The standard InChI is InChI=1S/C28H23NS/c1-30-28(22-13-5-2-6-14-22)21-27(25-19-11-12-20-26(25)28)29(23-15-7-3-8-16-23)24-17-9-4-10-18-24/h2-21H,1H3. The molecular formula is C28H23NS. The van der Waals surface area contributed by atoms with Crippen LogP contribution in [0.1, 0.15) is 16.7 Å². The molecule has 0 amide bonds. The van der Waals surface area contributed by atoms with Crippen LogP contribution in [0.25, 0.3) is 5.70 Å². The van der Waals surface area contributed by atoms with Gasteiger partial charge in [-0.2, -0.15) is 0 Å². The van der Waals surface area contributed by atoms with Gasteiger partial charge in [0.25, 0.3) is 0 Å². The summed E-state index contributed by atoms with van der Waals surface area (Å²) in [5.74, 6) is 0. The lowest BCUT2D eigenvalue weighted by atomic mass is 9.92. The molecule has 1 unspecified atom stereocenters. The van der Waals surface area contributed by atoms with Crippen LogP contribution in [-0.4, -0.2) is 6.26 Å². The molecular weight excluding hydrogens is 382 g/mol. The maximum atomic E-state index is 2.44. The Labute approximate surface area is 182 Å². The zero-order valence-electron chi connectivity index (χ0n) is 16.9. The first-order valence-electron chi connectivity index (χ1n) is 10.2. The third kappa shape index (κ3) is 3.05. The van der Waals surface area contributed by atoms with E-state index in [1.165, 1.54) is 22.4 Å². The molecule has 30 heavy (non-hydrogen) atoms. The first kappa shape index (κ1) is 18.8. The predicted molar refractivity (Wildman–Crippen MR) is 130 cm³/mol. The molecule has 0 aliphatic heterocycles. The second kappa shape index (κ2) is 7.89. The lowest BCUT2D eigenvalue weighted by Crippen LogP contribution is -2.18. The van der Waals surface area contributed by atoms with E-state index in [-0.39, 0.29) is 4.75 Å². The normalized spacial score (nSPS) is 17.3. The number of thioether (sulfide) groups is 1. The van der Waals surface area contributed by atoms with E-state index in [4.69, 9.17) is 0 Å². The van der Waals surface area contributed by atoms with E-state index >= 15 is 0 Å². The average molecular weight is 406 g/mol. The lowest BCUT2D eigenvalue weighted by molar-refractivity contribution is 0.964. The third-order valence-corrected chi connectivity index (χ3v) is 6.95. The maximum Gasteiger partial charge on any atom is 0.0864 e. The highest BCUT2D eigenvalue weighted by molar-refractivity contribution is 8.00. The minimum absolute atomic E-state index is 0.213. The van der Waals surface area contributed by atoms with Crippen molar-refractivity contribution in [3.05, 3.63) is 138 Å². The van der Waals surface area contributed by atoms with Crippen LogP contribution in [0, 0.1) is 0 Å². The fourth-order valence-electron chi connectivity index (χ4n) is 4.36. The molecule has 0 fully saturated rings. The minimum Gasteiger partial charge on any atom is -0.310 e. The van der Waals surface area contributed by atoms with Gasteiger partial charge in [-0.05, 0) is 47.7 Å². The number of anilines is 2. The Balaban J connectivity index is 1.78. The topological polar surface area (TPSA) is 3.24 Å². The number of hydrogen-bond donors (Lipinski definition) is 0. The van der Waals surface area contributed by atoms with Gasteiger partial charge in [0, 0.05) is 16.9 Å². The summed E-state index contributed by atoms with van der Waals surface area (Å²) in [5, 5.41) is 0. The molecule has 0 aromatic heterocycles. The molecule has 0 bridgehead atoms. The minimum atomic E-state index is -0.213. The average Bonchev–Trinajstić information content (AvgIpc) is 3.17. The Morgan fingerprint density at radius 1 is 0.600 bits per heavy atom. The smallest absolute Gasteiger partial charge is 0.0864 e. The Morgan fingerprint density at radius 3 is 1.67 bits per heavy atom. The van der Waals surface area contributed by atoms with Crippen molar-refractivity contribution >= 4 is 28.8 Å². The molecule has 1 nitrogen and oxygen atoms in total. The van der Waals surface area contributed by atoms with Crippen LogP contribution in [-0.2, 0) is 4.75 Å². The largest absolute Gasteiger partial charge is 0.310 e. The summed E-state index contributed by atoms with van der Waals surface area (Å²) >= 11 is 1.88. The highest BCUT2D eigenvalue weighted by Crippen LogP contribution is 2.53. The summed E-state index contributed by atoms with van der Waals surface area (Å²) in [5.41, 5.74) is 7.48. The van der Waals surface area contributed by atoms with Gasteiger partial charge in [-0.1, -0.05) is 91.0 Å². The number of rotatable bonds is 5. The molecule has 146 valence electrons. The first-order chi connectivity index (χ1) is 14.8. The van der Waals surface area contributed by atoms with Crippen LogP contribution in [0.5, 0.6) is 0 Å². The predicted octanol–water partition coefficient (Wildman–Crippen LogP) is 7.49. The van der Waals surface area contributed by atoms with Gasteiger partial charge in [-0.15, -0.1) is 11.8 Å². The fourth-order valence-corrected chi connectivity index (χ4v) is 5.36. The summed E-state index contributed by atoms with van der Waals surface area (Å²) in [7, 11) is 0. The van der Waals surface area contributed by atoms with Crippen molar-refractivity contribution in [2.24, 2.45) is 0 Å². The molecule has 0 saturated carbocycles. The van der Waals surface area contributed by atoms with E-state index in [2.05, 4.69) is 132 Å². The Kier molecular flexibility index (Phi) is 4.94. The van der Waals surface area contributed by atoms with Crippen molar-refractivity contribution < 1.29 is 0 Å². The third-order valence-electron chi connectivity index (χ3n) is 5.74. The molecule has 0 heterocycles. The van der Waals surface area contributed by atoms with Crippen LogP contribution in [0.15, 0.2) is 121 Å². The van der Waals surface area contributed by atoms with Crippen molar-refractivity contribution in [1.82, 2.24) is 0 Å². The monoisotopic (exact) mass is 405 g/mol. The van der Waals surface area contributed by atoms with Gasteiger partial charge in [-0.3, -0.25) is 0 Å². The molecule has 0 saturated heterocycles. The van der Waals surface area contributed by atoms with Crippen molar-refractivity contribution in [1.29, 1.82) is 0 Å². The molecule has 0 N–H and O–H groups in total. The van der Waals surface area contributed by atoms with Gasteiger partial charge in [-0.25, -0.2) is 0 Å². The summed E-state index contributed by atoms with van der Waals surface area (Å²) in [6.45, 7) is 0. The van der Waals surface area contributed by atoms with Gasteiger partial charge in [0.15, 0.2) is 0 Å². The molecule has 4 aromatic rings. The zero-order valence-corrected chi connectivity index (χ0v) is 17.7. The van der Waals surface area contributed by atoms with E-state index in [1.54, 1.807) is 0 Å². The maximum absolute atomic E-state index is 2.44. The molecule has 1 aliphatic rings. The number of fused-ring (bicyclic) bond motifs is 1. The second-order valence-electron chi connectivity index (χ2n) is 7.39. The summed E-state index contributed by atoms with van der Waals surface area (Å²) in [6, 6.07) is 40.9. The highest BCUT2D eigenvalue weighted by Gasteiger charge is 2.41. The van der Waals surface area contributed by atoms with E-state index in [0.717, 1.165) is 11.4 Å². The fraction of sp³-hybridized carbons (Fsp3) is 0.0714. The van der Waals surface area contributed by atoms with E-state index in [1.807, 2.05) is 11.8 Å². The van der Waals surface area contributed by atoms with E-state index < -0.39 is 0 Å². The van der Waals surface area contributed by atoms with E-state index in [0.29, 0.717) is 0 Å². The lowest BCUT2D eigenvalue weighted by Gasteiger charge is -2.28. The van der Waals surface area contributed by atoms with Crippen LogP contribution in [0.2, 0.25) is 0 Å². The van der Waals surface area contributed by atoms with Crippen molar-refractivity contribution in [3.63, 3.8) is 0 Å². The van der Waals surface area contributed by atoms with Gasteiger partial charge >= 0.3 is 0 Å². The number of para-hydroxylation sites is 2. The molecule has 1 atom stereocenters. The quantitative estimate of drug-likeness (QED) is 0.338. The van der Waals surface area contributed by atoms with Crippen LogP contribution in [0.4, 0.5) is 11.4 Å². The summed E-state index contributed by atoms with van der Waals surface area (Å²) in [6.07, 6.45) is 4.65. The van der Waals surface area contributed by atoms with Gasteiger partial charge in [0.2, 0.25) is 0 Å². The van der Waals surface area contributed by atoms with Gasteiger partial charge in [0.1, 0.15) is 0 Å². The number of hydrogen-bond acceptors (Lipinski definition) is 2. The van der Waals surface area contributed by atoms with Crippen molar-refractivity contribution in [2.45, 2.75) is 4.75 Å². The van der Waals surface area contributed by atoms with Gasteiger partial charge in [0.05, 0.1) is 10.4 Å². The Hall–Kier alpha value is -3.23. The van der Waals surface area contributed by atoms with Crippen molar-refractivity contribution in [3.8, 4) is 0 Å². The Morgan fingerprint density at radius 2 is 1.10 bits per heavy atom. The molecule has 2 heteroatoms. The molecule has 0 spiro atoms. The SMILES string of the molecule is CSC1(c2ccccc2)C=C(N(c2ccccc2)c2ccccc2)c2ccccc21. The summed E-state index contributed by atoms with van der Waals surface area (Å²) < 4.78 is -0.213. The van der Waals surface area contributed by atoms with Crippen LogP contribution in [0.3, 0.4) is 0 Å². The number of nitrogens with zero attached hydrogens (tertiary/aromatic N) is 1. The zero-order chi connectivity index (χ0) is 20.4. The highest BCUT2D eigenvalue weighted by atomic mass is 32.2. The van der Waals surface area contributed by atoms with E-state index in [9.17, 15) is 0 Å². The molecule has 1 aliphatic carbocycles. The second-order valence-corrected chi connectivity index (χ2v) is 8.44. The first-order valence-corrected chi connectivity index (χ1v) is 11.4. The van der Waals surface area contributed by atoms with Crippen molar-refractivity contribution in [2.75, 3.05) is 11.2 Å².